The molecule has 0 saturated heterocycles. The highest BCUT2D eigenvalue weighted by Gasteiger charge is 2.20. The summed E-state index contributed by atoms with van der Waals surface area (Å²) in [6, 6.07) is -0.558. The zero-order chi connectivity index (χ0) is 43.0. The second-order valence-corrected chi connectivity index (χ2v) is 17.9. The molecule has 6 nitrogen and oxygen atoms in total. The van der Waals surface area contributed by atoms with Crippen molar-refractivity contribution in [1.29, 1.82) is 0 Å². The Morgan fingerprint density at radius 3 is 1.32 bits per heavy atom. The molecule has 0 aromatic carbocycles. The Hall–Kier alpha value is -1.66. The summed E-state index contributed by atoms with van der Waals surface area (Å²) in [7, 11) is 0. The molecule has 0 rings (SSSR count). The smallest absolute Gasteiger partial charge is 0.305 e. The number of hydrogen-bond donors (Lipinski definition) is 3. The first kappa shape index (κ1) is 57.3. The molecule has 3 N–H and O–H groups in total. The number of carbonyl (C=O) groups excluding carboxylic acids is 2. The van der Waals surface area contributed by atoms with E-state index >= 15 is 0 Å². The van der Waals surface area contributed by atoms with Crippen LogP contribution in [0.3, 0.4) is 0 Å². The second kappa shape index (κ2) is 49.0. The number of nitrogens with one attached hydrogen (secondary N) is 1. The standard InChI is InChI=1S/C53H101NO5/c1-3-5-7-9-11-13-15-17-18-19-20-21-22-24-26-31-35-39-43-47-53(58)59-48-44-40-36-32-28-27-30-34-38-42-46-52(57)54-50(49-55)51(56)45-41-37-33-29-25-23-16-14-12-10-8-6-4-2/h11,13,17-18,50-51,55-56H,3-10,12,14-16,19-49H2,1-2H3,(H,54,57)/b13-11-,18-17-. The number of rotatable bonds is 48. The van der Waals surface area contributed by atoms with Crippen LogP contribution in [0.15, 0.2) is 24.3 Å². The van der Waals surface area contributed by atoms with Crippen LogP contribution in [0.1, 0.15) is 277 Å². The van der Waals surface area contributed by atoms with Crippen LogP contribution >= 0.6 is 0 Å². The number of aliphatic hydroxyl groups excluding tert-OH is 2. The summed E-state index contributed by atoms with van der Waals surface area (Å²) in [6.07, 6.45) is 57.1. The molecule has 1 amide bonds. The number of carbonyl (C=O) groups is 2. The van der Waals surface area contributed by atoms with Gasteiger partial charge in [0, 0.05) is 12.8 Å². The van der Waals surface area contributed by atoms with Crippen molar-refractivity contribution in [2.24, 2.45) is 0 Å². The Bertz CT molecular complexity index is 920. The van der Waals surface area contributed by atoms with Crippen molar-refractivity contribution in [3.63, 3.8) is 0 Å². The van der Waals surface area contributed by atoms with Gasteiger partial charge in [0.05, 0.1) is 25.4 Å². The fraction of sp³-hybridized carbons (Fsp3) is 0.887. The van der Waals surface area contributed by atoms with Gasteiger partial charge in [-0.05, 0) is 57.8 Å². The average Bonchev–Trinajstić information content (AvgIpc) is 3.24. The van der Waals surface area contributed by atoms with E-state index in [1.165, 1.54) is 180 Å². The molecule has 0 bridgehead atoms. The van der Waals surface area contributed by atoms with Gasteiger partial charge in [-0.1, -0.05) is 231 Å². The highest BCUT2D eigenvalue weighted by atomic mass is 16.5. The summed E-state index contributed by atoms with van der Waals surface area (Å²) in [6.45, 7) is 4.87. The molecule has 2 atom stereocenters. The summed E-state index contributed by atoms with van der Waals surface area (Å²) in [5, 5.41) is 23.2. The fourth-order valence-electron chi connectivity index (χ4n) is 7.96. The maximum absolute atomic E-state index is 12.4. The van der Waals surface area contributed by atoms with E-state index in [0.29, 0.717) is 25.9 Å². The molecular weight excluding hydrogens is 731 g/mol. The van der Waals surface area contributed by atoms with Crippen LogP contribution in [0.2, 0.25) is 0 Å². The second-order valence-electron chi connectivity index (χ2n) is 17.9. The van der Waals surface area contributed by atoms with Crippen molar-refractivity contribution in [1.82, 2.24) is 5.32 Å². The van der Waals surface area contributed by atoms with Gasteiger partial charge in [0.1, 0.15) is 0 Å². The number of unbranched alkanes of at least 4 members (excludes halogenated alkanes) is 33. The molecule has 0 fully saturated rings. The lowest BCUT2D eigenvalue weighted by atomic mass is 10.0. The monoisotopic (exact) mass is 832 g/mol. The molecule has 0 spiro atoms. The molecule has 0 aliphatic heterocycles. The first-order valence-corrected chi connectivity index (χ1v) is 26.1. The highest BCUT2D eigenvalue weighted by molar-refractivity contribution is 5.76. The minimum absolute atomic E-state index is 0.0226. The minimum Gasteiger partial charge on any atom is -0.466 e. The van der Waals surface area contributed by atoms with Gasteiger partial charge >= 0.3 is 5.97 Å². The summed E-state index contributed by atoms with van der Waals surface area (Å²) in [5.41, 5.74) is 0. The van der Waals surface area contributed by atoms with E-state index in [1.807, 2.05) is 0 Å². The number of esters is 1. The molecular formula is C53H101NO5. The van der Waals surface area contributed by atoms with E-state index in [4.69, 9.17) is 4.74 Å². The van der Waals surface area contributed by atoms with E-state index < -0.39 is 12.1 Å². The molecule has 6 heteroatoms. The maximum atomic E-state index is 12.4. The van der Waals surface area contributed by atoms with Gasteiger partial charge < -0.3 is 20.3 Å². The number of allylic oxidation sites excluding steroid dienone is 4. The summed E-state index contributed by atoms with van der Waals surface area (Å²) in [5.74, 6) is -0.0807. The number of aliphatic hydroxyl groups is 2. The van der Waals surface area contributed by atoms with Gasteiger partial charge in [0.25, 0.3) is 0 Å². The largest absolute Gasteiger partial charge is 0.466 e. The average molecular weight is 832 g/mol. The molecule has 0 aliphatic rings. The van der Waals surface area contributed by atoms with Gasteiger partial charge in [-0.25, -0.2) is 0 Å². The third-order valence-electron chi connectivity index (χ3n) is 12.0. The summed E-state index contributed by atoms with van der Waals surface area (Å²) < 4.78 is 5.46. The SMILES string of the molecule is CCCCC/C=C\C/C=C\CCCCCCCCCCCC(=O)OCCCCCCCCCCCCC(=O)NC(CO)C(O)CCCCCCCCCCCCCCC. The third-order valence-corrected chi connectivity index (χ3v) is 12.0. The van der Waals surface area contributed by atoms with Gasteiger partial charge in [-0.3, -0.25) is 9.59 Å². The van der Waals surface area contributed by atoms with Crippen LogP contribution in [0.4, 0.5) is 0 Å². The molecule has 59 heavy (non-hydrogen) atoms. The molecule has 0 radical (unpaired) electrons. The molecule has 0 saturated carbocycles. The quantitative estimate of drug-likeness (QED) is 0.0322. The van der Waals surface area contributed by atoms with Gasteiger partial charge in [-0.15, -0.1) is 0 Å². The van der Waals surface area contributed by atoms with Crippen LogP contribution < -0.4 is 5.32 Å². The lowest BCUT2D eigenvalue weighted by Gasteiger charge is -2.22. The highest BCUT2D eigenvalue weighted by Crippen LogP contribution is 2.16. The van der Waals surface area contributed by atoms with Crippen molar-refractivity contribution < 1.29 is 24.5 Å². The first-order chi connectivity index (χ1) is 29.0. The number of hydrogen-bond acceptors (Lipinski definition) is 5. The molecule has 348 valence electrons. The lowest BCUT2D eigenvalue weighted by Crippen LogP contribution is -2.45. The van der Waals surface area contributed by atoms with Crippen LogP contribution in [0.5, 0.6) is 0 Å². The van der Waals surface area contributed by atoms with E-state index in [2.05, 4.69) is 43.5 Å². The maximum Gasteiger partial charge on any atom is 0.305 e. The van der Waals surface area contributed by atoms with Crippen molar-refractivity contribution in [2.75, 3.05) is 13.2 Å². The van der Waals surface area contributed by atoms with Crippen LogP contribution in [0.25, 0.3) is 0 Å². The normalized spacial score (nSPS) is 12.8. The molecule has 0 aromatic heterocycles. The van der Waals surface area contributed by atoms with Crippen LogP contribution in [-0.4, -0.2) is 47.4 Å². The van der Waals surface area contributed by atoms with Crippen LogP contribution in [-0.2, 0) is 14.3 Å². The lowest BCUT2D eigenvalue weighted by molar-refractivity contribution is -0.143. The summed E-state index contributed by atoms with van der Waals surface area (Å²) in [4.78, 5) is 24.5. The summed E-state index contributed by atoms with van der Waals surface area (Å²) >= 11 is 0. The predicted molar refractivity (Wildman–Crippen MR) is 255 cm³/mol. The van der Waals surface area contributed by atoms with Crippen molar-refractivity contribution >= 4 is 11.9 Å². The zero-order valence-corrected chi connectivity index (χ0v) is 39.5. The van der Waals surface area contributed by atoms with E-state index in [0.717, 1.165) is 64.2 Å². The third kappa shape index (κ3) is 45.7. The molecule has 2 unspecified atom stereocenters. The molecule has 0 aliphatic carbocycles. The van der Waals surface area contributed by atoms with Gasteiger partial charge in [-0.2, -0.15) is 0 Å². The topological polar surface area (TPSA) is 95.9 Å². The Balaban J connectivity index is 3.46. The Morgan fingerprint density at radius 1 is 0.475 bits per heavy atom. The molecule has 0 aromatic rings. The Kier molecular flexibility index (Phi) is 47.6. The van der Waals surface area contributed by atoms with Gasteiger partial charge in [0.15, 0.2) is 0 Å². The minimum atomic E-state index is -0.678. The van der Waals surface area contributed by atoms with Gasteiger partial charge in [0.2, 0.25) is 5.91 Å². The zero-order valence-electron chi connectivity index (χ0n) is 39.5. The van der Waals surface area contributed by atoms with E-state index in [1.54, 1.807) is 0 Å². The predicted octanol–water partition coefficient (Wildman–Crippen LogP) is 15.5. The van der Waals surface area contributed by atoms with Crippen LogP contribution in [0, 0.1) is 0 Å². The number of ether oxygens (including phenoxy) is 1. The Labute approximate surface area is 367 Å². The van der Waals surface area contributed by atoms with Crippen molar-refractivity contribution in [3.8, 4) is 0 Å². The first-order valence-electron chi connectivity index (χ1n) is 26.1. The van der Waals surface area contributed by atoms with E-state index in [9.17, 15) is 19.8 Å². The molecule has 0 heterocycles. The number of amides is 1. The fourth-order valence-corrected chi connectivity index (χ4v) is 7.96. The van der Waals surface area contributed by atoms with E-state index in [-0.39, 0.29) is 18.5 Å². The van der Waals surface area contributed by atoms with Crippen molar-refractivity contribution in [2.45, 2.75) is 289 Å². The Morgan fingerprint density at radius 2 is 0.847 bits per heavy atom. The van der Waals surface area contributed by atoms with Crippen molar-refractivity contribution in [3.05, 3.63) is 24.3 Å².